The Morgan fingerprint density at radius 1 is 0.375 bits per heavy atom. The first-order chi connectivity index (χ1) is 0. The van der Waals surface area contributed by atoms with E-state index in [0.29, 0.717) is 0 Å². The third kappa shape index (κ3) is 60.9. The largest absolute Gasteiger partial charge is 0.153 e. The molecule has 2 unspecified atom stereocenters. The fraction of sp³-hybridized carbons (Fsp3) is 0. The summed E-state index contributed by atoms with van der Waals surface area (Å²) in [7, 11) is 0. The van der Waals surface area contributed by atoms with Gasteiger partial charge in [0.05, 0.1) is 0 Å². The van der Waals surface area contributed by atoms with Crippen molar-refractivity contribution >= 4 is 108 Å². The van der Waals surface area contributed by atoms with Crippen LogP contribution in [-0.4, -0.2) is 0 Å². The van der Waals surface area contributed by atoms with Crippen molar-refractivity contribution in [1.29, 1.82) is 0 Å². The molecule has 0 heterocycles. The van der Waals surface area contributed by atoms with Crippen molar-refractivity contribution in [2.24, 2.45) is 0 Å². The number of hydrogen-bond acceptors (Lipinski definition) is 0. The standard InChI is InChI=1S/3BrH.3ClH.2H3P/h6*1H;2*1H3. The first-order valence-electron chi connectivity index (χ1n) is 0. The summed E-state index contributed by atoms with van der Waals surface area (Å²) >= 11 is 0. The van der Waals surface area contributed by atoms with Gasteiger partial charge in [0, 0.05) is 0 Å². The van der Waals surface area contributed by atoms with Gasteiger partial charge in [0.1, 0.15) is 0 Å². The maximum atomic E-state index is 0. The van der Waals surface area contributed by atoms with Gasteiger partial charge in [-0.15, -0.1) is 88.2 Å². The van der Waals surface area contributed by atoms with E-state index in [1.807, 2.05) is 0 Å². The van der Waals surface area contributed by atoms with Crippen molar-refractivity contribution in [3.63, 3.8) is 0 Å². The predicted octanol–water partition coefficient (Wildman–Crippen LogP) is 3.12. The van der Waals surface area contributed by atoms with Crippen LogP contribution in [0.1, 0.15) is 0 Å². The minimum absolute atomic E-state index is 0. The molecule has 8 heavy (non-hydrogen) atoms. The van der Waals surface area contributed by atoms with Crippen LogP contribution in [-0.2, 0) is 0 Å². The minimum Gasteiger partial charge on any atom is -0.153 e. The second-order valence-corrected chi connectivity index (χ2v) is 0. The molecule has 0 radical (unpaired) electrons. The summed E-state index contributed by atoms with van der Waals surface area (Å²) in [6, 6.07) is 0. The quantitative estimate of drug-likeness (QED) is 0.529. The molecule has 0 spiro atoms. The SMILES string of the molecule is Br.Br.Br.Cl.Cl.Cl.P.P. The summed E-state index contributed by atoms with van der Waals surface area (Å²) in [6.45, 7) is 0. The van der Waals surface area contributed by atoms with Crippen LogP contribution in [0.3, 0.4) is 0 Å². The second-order valence-electron chi connectivity index (χ2n) is 0. The summed E-state index contributed by atoms with van der Waals surface area (Å²) in [5, 5.41) is 0. The van der Waals surface area contributed by atoms with E-state index in [2.05, 4.69) is 0 Å². The Bertz CT molecular complexity index is 12.5. The third-order valence-corrected chi connectivity index (χ3v) is 0. The normalized spacial score (nSPS) is 0. The minimum atomic E-state index is 0. The van der Waals surface area contributed by atoms with Crippen molar-refractivity contribution in [3.8, 4) is 0 Å². The molecule has 0 aromatic heterocycles. The monoisotopic (exact) mass is 416 g/mol. The first-order valence-corrected chi connectivity index (χ1v) is 0. The lowest BCUT2D eigenvalue weighted by Crippen LogP contribution is 0.689. The highest BCUT2D eigenvalue weighted by molar-refractivity contribution is 8.93. The van der Waals surface area contributed by atoms with Crippen LogP contribution in [0.4, 0.5) is 0 Å². The van der Waals surface area contributed by atoms with Crippen molar-refractivity contribution in [2.45, 2.75) is 0 Å². The van der Waals surface area contributed by atoms with Crippen LogP contribution >= 0.6 is 108 Å². The van der Waals surface area contributed by atoms with E-state index in [4.69, 9.17) is 0 Å². The van der Waals surface area contributed by atoms with Crippen molar-refractivity contribution in [2.75, 3.05) is 0 Å². The summed E-state index contributed by atoms with van der Waals surface area (Å²) in [4.78, 5) is 0. The highest BCUT2D eigenvalue weighted by atomic mass is 79.9. The van der Waals surface area contributed by atoms with E-state index >= 15 is 0 Å². The highest BCUT2D eigenvalue weighted by Gasteiger charge is -0.111. The fourth-order valence-electron chi connectivity index (χ4n) is 0. The van der Waals surface area contributed by atoms with Crippen LogP contribution in [0, 0.1) is 0 Å². The van der Waals surface area contributed by atoms with Gasteiger partial charge in [0.25, 0.3) is 0 Å². The zero-order chi connectivity index (χ0) is 0. The van der Waals surface area contributed by atoms with Gasteiger partial charge in [-0.05, 0) is 0 Å². The molecule has 2 atom stereocenters. The summed E-state index contributed by atoms with van der Waals surface area (Å²) in [5.41, 5.74) is 0. The maximum absolute atomic E-state index is 0. The van der Waals surface area contributed by atoms with Crippen LogP contribution in [0.15, 0.2) is 0 Å². The van der Waals surface area contributed by atoms with Gasteiger partial charge in [0.15, 0.2) is 0 Å². The molecule has 0 fully saturated rings. The van der Waals surface area contributed by atoms with Crippen molar-refractivity contribution in [1.82, 2.24) is 0 Å². The van der Waals surface area contributed by atoms with Gasteiger partial charge in [-0.25, -0.2) is 0 Å². The van der Waals surface area contributed by atoms with Gasteiger partial charge >= 0.3 is 0 Å². The van der Waals surface area contributed by atoms with Gasteiger partial charge < -0.3 is 0 Å². The molecule has 0 saturated heterocycles. The molecule has 64 valence electrons. The van der Waals surface area contributed by atoms with Crippen LogP contribution in [0.2, 0.25) is 0 Å². The van der Waals surface area contributed by atoms with E-state index in [-0.39, 0.29) is 108 Å². The average molecular weight is 420 g/mol. The zero-order valence-corrected chi connectivity index (χ0v) is 14.3. The molecule has 0 bridgehead atoms. The smallest absolute Gasteiger partial charge is 0.114 e. The summed E-state index contributed by atoms with van der Waals surface area (Å²) < 4.78 is 0. The van der Waals surface area contributed by atoms with Gasteiger partial charge in [-0.1, -0.05) is 0 Å². The van der Waals surface area contributed by atoms with E-state index < -0.39 is 0 Å². The molecule has 0 aliphatic rings. The van der Waals surface area contributed by atoms with Crippen LogP contribution in [0.5, 0.6) is 0 Å². The maximum Gasteiger partial charge on any atom is -0.114 e. The average Bonchev–Trinajstić information content (AvgIpc) is 0. The second kappa shape index (κ2) is 85.1. The number of rotatable bonds is 0. The Morgan fingerprint density at radius 3 is 0.375 bits per heavy atom. The van der Waals surface area contributed by atoms with Crippen molar-refractivity contribution < 1.29 is 0 Å². The van der Waals surface area contributed by atoms with Crippen molar-refractivity contribution in [3.05, 3.63) is 0 Å². The highest BCUT2D eigenvalue weighted by Crippen LogP contribution is 0.863. The Kier molecular flexibility index (Phi) is 1220. The van der Waals surface area contributed by atoms with Gasteiger partial charge in [-0.2, -0.15) is 19.8 Å². The lowest BCUT2D eigenvalue weighted by molar-refractivity contribution is 5.85. The molecule has 0 rings (SSSR count). The van der Waals surface area contributed by atoms with E-state index in [1.54, 1.807) is 0 Å². The van der Waals surface area contributed by atoms with Gasteiger partial charge in [0.2, 0.25) is 0 Å². The molecule has 8 heteroatoms. The molecule has 0 aliphatic carbocycles. The Labute approximate surface area is 107 Å². The molecular weight excluding hydrogens is 408 g/mol. The molecular formula is H12Br3Cl3P2. The summed E-state index contributed by atoms with van der Waals surface area (Å²) in [5.74, 6) is 0. The van der Waals surface area contributed by atoms with E-state index in [0.717, 1.165) is 0 Å². The Morgan fingerprint density at radius 2 is 0.375 bits per heavy atom. The zero-order valence-electron chi connectivity index (χ0n) is 3.86. The lowest BCUT2D eigenvalue weighted by atomic mass is 31.0. The molecule has 0 aromatic rings. The Hall–Kier alpha value is 3.17. The Balaban J connectivity index is 0. The third-order valence-electron chi connectivity index (χ3n) is 0. The fourth-order valence-corrected chi connectivity index (χ4v) is 0. The molecule has 0 amide bonds. The number of halogens is 6. The van der Waals surface area contributed by atoms with Gasteiger partial charge in [-0.3, -0.25) is 0 Å². The molecule has 0 aliphatic heterocycles. The van der Waals surface area contributed by atoms with Crippen LogP contribution < -0.4 is 0 Å². The van der Waals surface area contributed by atoms with E-state index in [1.165, 1.54) is 0 Å². The molecule has 0 nitrogen and oxygen atoms in total. The predicted molar refractivity (Wildman–Crippen MR) is 74.9 cm³/mol. The van der Waals surface area contributed by atoms with E-state index in [9.17, 15) is 0 Å². The lowest BCUT2D eigenvalue weighted by Gasteiger charge is -0.154. The topological polar surface area (TPSA) is 0 Å². The number of hydrogen-bond donors (Lipinski definition) is 0. The molecule has 0 aromatic carbocycles. The first kappa shape index (κ1) is 115. The molecule has 0 saturated carbocycles. The van der Waals surface area contributed by atoms with Crippen LogP contribution in [0.25, 0.3) is 0 Å². The molecule has 0 N–H and O–H groups in total. The summed E-state index contributed by atoms with van der Waals surface area (Å²) in [6.07, 6.45) is 0.